The Balaban J connectivity index is 0.00000256. The maximum absolute atomic E-state index is 12.8. The number of carbonyl (C=O) groups excluding carboxylic acids is 1. The van der Waals surface area contributed by atoms with Gasteiger partial charge in [0.05, 0.1) is 6.04 Å². The fraction of sp³-hybridized carbons (Fsp3) is 0.652. The highest BCUT2D eigenvalue weighted by atomic mass is 79.9. The molecular formula is C23H33BrClN3OS. The third-order valence-corrected chi connectivity index (χ3v) is 8.05. The minimum absolute atomic E-state index is 0. The maximum Gasteiger partial charge on any atom is 0.225 e. The van der Waals surface area contributed by atoms with E-state index in [1.807, 2.05) is 40.9 Å². The van der Waals surface area contributed by atoms with Gasteiger partial charge in [0.25, 0.3) is 0 Å². The summed E-state index contributed by atoms with van der Waals surface area (Å²) < 4.78 is 1.04. The lowest BCUT2D eigenvalue weighted by Crippen LogP contribution is -2.54. The van der Waals surface area contributed by atoms with E-state index >= 15 is 0 Å². The van der Waals surface area contributed by atoms with Crippen LogP contribution < -0.4 is 4.90 Å². The molecule has 4 rings (SSSR count). The fourth-order valence-corrected chi connectivity index (χ4v) is 6.54. The van der Waals surface area contributed by atoms with Gasteiger partial charge in [-0.1, -0.05) is 66.2 Å². The molecule has 1 amide bonds. The number of hydrogen-bond acceptors (Lipinski definition) is 3. The van der Waals surface area contributed by atoms with Crippen LogP contribution in [0.1, 0.15) is 71.1 Å². The van der Waals surface area contributed by atoms with Crippen LogP contribution in [-0.4, -0.2) is 40.0 Å². The first-order valence-electron chi connectivity index (χ1n) is 11.2. The monoisotopic (exact) mass is 513 g/mol. The van der Waals surface area contributed by atoms with E-state index in [0.29, 0.717) is 12.1 Å². The van der Waals surface area contributed by atoms with Crippen LogP contribution in [0.25, 0.3) is 0 Å². The average molecular weight is 515 g/mol. The number of nitrogens with zero attached hydrogens (tertiary/aromatic N) is 3. The molecule has 0 radical (unpaired) electrons. The molecule has 2 aliphatic carbocycles. The normalized spacial score (nSPS) is 24.7. The van der Waals surface area contributed by atoms with Crippen LogP contribution in [0.3, 0.4) is 0 Å². The van der Waals surface area contributed by atoms with Gasteiger partial charge in [-0.05, 0) is 49.9 Å². The summed E-state index contributed by atoms with van der Waals surface area (Å²) >= 11 is 5.38. The molecule has 0 spiro atoms. The van der Waals surface area contributed by atoms with Gasteiger partial charge in [0.2, 0.25) is 5.91 Å². The molecule has 0 aromatic heterocycles. The van der Waals surface area contributed by atoms with Crippen LogP contribution in [0, 0.1) is 0 Å². The van der Waals surface area contributed by atoms with Crippen LogP contribution >= 0.6 is 40.1 Å². The molecule has 7 heteroatoms. The summed E-state index contributed by atoms with van der Waals surface area (Å²) in [6.45, 7) is 1.70. The molecule has 4 nitrogen and oxygen atoms in total. The Morgan fingerprint density at radius 2 is 1.63 bits per heavy atom. The van der Waals surface area contributed by atoms with Crippen LogP contribution in [0.2, 0.25) is 0 Å². The third kappa shape index (κ3) is 5.55. The predicted octanol–water partition coefficient (Wildman–Crippen LogP) is 6.62. The molecule has 1 aliphatic heterocycles. The molecule has 0 bridgehead atoms. The number of benzene rings is 1. The van der Waals surface area contributed by atoms with Crippen LogP contribution in [-0.2, 0) is 4.79 Å². The second kappa shape index (κ2) is 11.2. The van der Waals surface area contributed by atoms with Gasteiger partial charge < -0.3 is 4.90 Å². The number of hydrogen-bond donors (Lipinski definition) is 0. The van der Waals surface area contributed by atoms with Crippen LogP contribution in [0.5, 0.6) is 0 Å². The lowest BCUT2D eigenvalue weighted by atomic mass is 9.94. The third-order valence-electron chi connectivity index (χ3n) is 6.48. The zero-order valence-corrected chi connectivity index (χ0v) is 21.0. The second-order valence-corrected chi connectivity index (χ2v) is 10.5. The molecule has 3 aliphatic rings. The Labute approximate surface area is 199 Å². The number of carbonyl (C=O) groups is 1. The van der Waals surface area contributed by atoms with Crippen molar-refractivity contribution in [3.8, 4) is 0 Å². The van der Waals surface area contributed by atoms with Crippen molar-refractivity contribution >= 4 is 56.9 Å². The van der Waals surface area contributed by atoms with Crippen molar-refractivity contribution in [3.63, 3.8) is 0 Å². The largest absolute Gasteiger partial charge is 0.327 e. The van der Waals surface area contributed by atoms with Crippen molar-refractivity contribution in [3.05, 3.63) is 28.7 Å². The van der Waals surface area contributed by atoms with Crippen LogP contribution in [0.4, 0.5) is 5.69 Å². The number of rotatable bonds is 4. The molecule has 1 aromatic carbocycles. The van der Waals surface area contributed by atoms with Gasteiger partial charge in [0, 0.05) is 28.9 Å². The topological polar surface area (TPSA) is 35.9 Å². The molecule has 1 saturated heterocycles. The summed E-state index contributed by atoms with van der Waals surface area (Å²) in [4.78, 5) is 22.6. The molecule has 1 heterocycles. The van der Waals surface area contributed by atoms with Gasteiger partial charge in [-0.2, -0.15) is 0 Å². The number of halogens is 2. The zero-order valence-electron chi connectivity index (χ0n) is 17.8. The van der Waals surface area contributed by atoms with E-state index < -0.39 is 0 Å². The van der Waals surface area contributed by atoms with Gasteiger partial charge in [0.15, 0.2) is 5.17 Å². The van der Waals surface area contributed by atoms with E-state index in [0.717, 1.165) is 15.9 Å². The number of aliphatic imine (C=N–C) groups is 1. The van der Waals surface area contributed by atoms with E-state index in [1.165, 1.54) is 69.4 Å². The minimum atomic E-state index is 0. The average Bonchev–Trinajstić information content (AvgIpc) is 3.13. The Morgan fingerprint density at radius 3 is 2.23 bits per heavy atom. The van der Waals surface area contributed by atoms with Gasteiger partial charge in [-0.25, -0.2) is 0 Å². The Hall–Kier alpha value is -0.720. The van der Waals surface area contributed by atoms with Gasteiger partial charge in [-0.3, -0.25) is 14.7 Å². The number of thioether (sulfide) groups is 1. The minimum Gasteiger partial charge on any atom is -0.327 e. The molecule has 1 unspecified atom stereocenters. The standard InChI is InChI=1S/C23H32BrN3OS.ClH/c1-17(28)26(21-14-12-18(24)13-15-21)22-16-29-23(25-19-8-4-2-5-9-19)27(22)20-10-6-3-7-11-20;/h12-15,19-20,22H,2-11,16H2,1H3;1H. The highest BCUT2D eigenvalue weighted by Crippen LogP contribution is 2.37. The SMILES string of the molecule is CC(=O)N(c1ccc(Br)cc1)C1CSC(=NC2CCCCC2)N1C1CCCCC1.Cl. The highest BCUT2D eigenvalue weighted by molar-refractivity contribution is 9.10. The van der Waals surface area contributed by atoms with Crippen molar-refractivity contribution in [1.29, 1.82) is 0 Å². The second-order valence-electron chi connectivity index (χ2n) is 8.56. The van der Waals surface area contributed by atoms with Gasteiger partial charge in [0.1, 0.15) is 6.17 Å². The summed E-state index contributed by atoms with van der Waals surface area (Å²) in [5.74, 6) is 1.01. The predicted molar refractivity (Wildman–Crippen MR) is 134 cm³/mol. The lowest BCUT2D eigenvalue weighted by Gasteiger charge is -2.41. The molecule has 3 fully saturated rings. The van der Waals surface area contributed by atoms with E-state index in [2.05, 4.69) is 20.8 Å². The quantitative estimate of drug-likeness (QED) is 0.453. The van der Waals surface area contributed by atoms with Crippen molar-refractivity contribution in [2.75, 3.05) is 10.7 Å². The molecule has 0 N–H and O–H groups in total. The molecule has 30 heavy (non-hydrogen) atoms. The molecule has 166 valence electrons. The summed E-state index contributed by atoms with van der Waals surface area (Å²) in [6.07, 6.45) is 12.8. The van der Waals surface area contributed by atoms with E-state index in [4.69, 9.17) is 4.99 Å². The summed E-state index contributed by atoms with van der Waals surface area (Å²) in [5.41, 5.74) is 0.978. The first-order valence-corrected chi connectivity index (χ1v) is 13.0. The van der Waals surface area contributed by atoms with E-state index in [1.54, 1.807) is 6.92 Å². The summed E-state index contributed by atoms with van der Waals surface area (Å²) in [6, 6.07) is 9.11. The Bertz CT molecular complexity index is 732. The smallest absolute Gasteiger partial charge is 0.225 e. The number of anilines is 1. The van der Waals surface area contributed by atoms with Crippen molar-refractivity contribution < 1.29 is 4.79 Å². The van der Waals surface area contributed by atoms with E-state index in [-0.39, 0.29) is 24.5 Å². The lowest BCUT2D eigenvalue weighted by molar-refractivity contribution is -0.117. The van der Waals surface area contributed by atoms with E-state index in [9.17, 15) is 4.79 Å². The summed E-state index contributed by atoms with van der Waals surface area (Å²) in [7, 11) is 0. The molecule has 1 aromatic rings. The maximum atomic E-state index is 12.8. The Morgan fingerprint density at radius 1 is 1.03 bits per heavy atom. The number of amidine groups is 1. The first-order chi connectivity index (χ1) is 14.1. The summed E-state index contributed by atoms with van der Waals surface area (Å²) in [5, 5.41) is 1.19. The number of amides is 1. The molecule has 2 saturated carbocycles. The van der Waals surface area contributed by atoms with Crippen molar-refractivity contribution in [1.82, 2.24) is 4.90 Å². The molecular weight excluding hydrogens is 482 g/mol. The Kier molecular flexibility index (Phi) is 8.96. The van der Waals surface area contributed by atoms with Crippen molar-refractivity contribution in [2.24, 2.45) is 4.99 Å². The van der Waals surface area contributed by atoms with Gasteiger partial charge >= 0.3 is 0 Å². The molecule has 1 atom stereocenters. The van der Waals surface area contributed by atoms with Crippen LogP contribution in [0.15, 0.2) is 33.7 Å². The van der Waals surface area contributed by atoms with Crippen molar-refractivity contribution in [2.45, 2.75) is 89.4 Å². The first kappa shape index (κ1) is 23.9. The van der Waals surface area contributed by atoms with Gasteiger partial charge in [-0.15, -0.1) is 12.4 Å². The highest BCUT2D eigenvalue weighted by Gasteiger charge is 2.41. The fourth-order valence-electron chi connectivity index (χ4n) is 5.02. The zero-order chi connectivity index (χ0) is 20.2.